The Bertz CT molecular complexity index is 391. The number of nitrogens with two attached hydrogens (primary N) is 1. The minimum absolute atomic E-state index is 0.0420. The molecule has 0 aliphatic rings. The summed E-state index contributed by atoms with van der Waals surface area (Å²) in [6, 6.07) is 7.80. The third-order valence-corrected chi connectivity index (χ3v) is 2.84. The van der Waals surface area contributed by atoms with Crippen LogP contribution in [0.25, 0.3) is 0 Å². The normalized spacial score (nSPS) is 12.0. The second kappa shape index (κ2) is 7.01. The molecule has 0 aliphatic carbocycles. The fourth-order valence-electron chi connectivity index (χ4n) is 1.76. The van der Waals surface area contributed by atoms with Gasteiger partial charge in [0.25, 0.3) is 0 Å². The van der Waals surface area contributed by atoms with Gasteiger partial charge in [-0.15, -0.1) is 0 Å². The lowest BCUT2D eigenvalue weighted by molar-refractivity contribution is -0.129. The molecular formula is C14H22N2O2. The van der Waals surface area contributed by atoms with Crippen LogP contribution in [0.4, 0.5) is 0 Å². The molecule has 4 heteroatoms. The van der Waals surface area contributed by atoms with Crippen molar-refractivity contribution in [3.63, 3.8) is 0 Å². The standard InChI is InChI=1S/C14H22N2O2/c1-4-18-13-7-5-6-11(8-13)12(10-15)9-14(17)16(2)3/h5-8,12H,4,9-10,15H2,1-3H3. The molecule has 0 spiro atoms. The number of hydrogen-bond acceptors (Lipinski definition) is 3. The fourth-order valence-corrected chi connectivity index (χ4v) is 1.76. The van der Waals surface area contributed by atoms with Crippen molar-refractivity contribution >= 4 is 5.91 Å². The SMILES string of the molecule is CCOc1cccc(C(CN)CC(=O)N(C)C)c1. The van der Waals surface area contributed by atoms with Crippen LogP contribution in [0, 0.1) is 0 Å². The predicted octanol–water partition coefficient (Wildman–Crippen LogP) is 1.61. The zero-order chi connectivity index (χ0) is 13.5. The Balaban J connectivity index is 2.81. The van der Waals surface area contributed by atoms with Gasteiger partial charge in [-0.2, -0.15) is 0 Å². The lowest BCUT2D eigenvalue weighted by Gasteiger charge is -2.18. The third-order valence-electron chi connectivity index (χ3n) is 2.84. The number of nitrogens with zero attached hydrogens (tertiary/aromatic N) is 1. The van der Waals surface area contributed by atoms with E-state index in [2.05, 4.69) is 0 Å². The summed E-state index contributed by atoms with van der Waals surface area (Å²) in [5.74, 6) is 0.957. The van der Waals surface area contributed by atoms with E-state index in [-0.39, 0.29) is 11.8 Å². The lowest BCUT2D eigenvalue weighted by Crippen LogP contribution is -2.26. The number of amides is 1. The molecule has 2 N–H and O–H groups in total. The van der Waals surface area contributed by atoms with Crippen molar-refractivity contribution in [2.45, 2.75) is 19.3 Å². The Hall–Kier alpha value is -1.55. The molecule has 1 aromatic rings. The van der Waals surface area contributed by atoms with Gasteiger partial charge >= 0.3 is 0 Å². The minimum atomic E-state index is 0.0420. The Labute approximate surface area is 109 Å². The fraction of sp³-hybridized carbons (Fsp3) is 0.500. The first-order valence-corrected chi connectivity index (χ1v) is 6.21. The molecule has 1 unspecified atom stereocenters. The van der Waals surface area contributed by atoms with Crippen LogP contribution in [0.15, 0.2) is 24.3 Å². The molecular weight excluding hydrogens is 228 g/mol. The largest absolute Gasteiger partial charge is 0.494 e. The quantitative estimate of drug-likeness (QED) is 0.834. The molecule has 0 saturated carbocycles. The maximum absolute atomic E-state index is 11.7. The summed E-state index contributed by atoms with van der Waals surface area (Å²) in [4.78, 5) is 13.3. The van der Waals surface area contributed by atoms with Crippen LogP contribution in [0.1, 0.15) is 24.8 Å². The summed E-state index contributed by atoms with van der Waals surface area (Å²) in [5, 5.41) is 0. The van der Waals surface area contributed by atoms with Gasteiger partial charge in [0.2, 0.25) is 5.91 Å². The Kier molecular flexibility index (Phi) is 5.65. The monoisotopic (exact) mass is 250 g/mol. The van der Waals surface area contributed by atoms with Gasteiger partial charge in [0.15, 0.2) is 0 Å². The summed E-state index contributed by atoms with van der Waals surface area (Å²) in [5.41, 5.74) is 6.82. The molecule has 0 aromatic heterocycles. The maximum atomic E-state index is 11.7. The molecule has 0 bridgehead atoms. The van der Waals surface area contributed by atoms with Crippen molar-refractivity contribution in [1.29, 1.82) is 0 Å². The van der Waals surface area contributed by atoms with Crippen molar-refractivity contribution < 1.29 is 9.53 Å². The van der Waals surface area contributed by atoms with Crippen LogP contribution in [0.2, 0.25) is 0 Å². The molecule has 100 valence electrons. The molecule has 0 heterocycles. The highest BCUT2D eigenvalue weighted by Gasteiger charge is 2.16. The van der Waals surface area contributed by atoms with E-state index in [9.17, 15) is 4.79 Å². The summed E-state index contributed by atoms with van der Waals surface area (Å²) < 4.78 is 5.46. The average Bonchev–Trinajstić information content (AvgIpc) is 2.36. The Morgan fingerprint density at radius 2 is 2.17 bits per heavy atom. The van der Waals surface area contributed by atoms with E-state index >= 15 is 0 Å². The van der Waals surface area contributed by atoms with E-state index in [0.717, 1.165) is 11.3 Å². The van der Waals surface area contributed by atoms with E-state index in [4.69, 9.17) is 10.5 Å². The topological polar surface area (TPSA) is 55.6 Å². The number of rotatable bonds is 6. The lowest BCUT2D eigenvalue weighted by atomic mass is 9.95. The molecule has 0 fully saturated rings. The predicted molar refractivity (Wildman–Crippen MR) is 72.7 cm³/mol. The molecule has 4 nitrogen and oxygen atoms in total. The van der Waals surface area contributed by atoms with Crippen molar-refractivity contribution in [2.24, 2.45) is 5.73 Å². The highest BCUT2D eigenvalue weighted by atomic mass is 16.5. The second-order valence-corrected chi connectivity index (χ2v) is 4.43. The first-order chi connectivity index (χ1) is 8.58. The molecule has 0 radical (unpaired) electrons. The summed E-state index contributed by atoms with van der Waals surface area (Å²) in [7, 11) is 3.51. The van der Waals surface area contributed by atoms with Crippen LogP contribution in [0.5, 0.6) is 5.75 Å². The maximum Gasteiger partial charge on any atom is 0.222 e. The van der Waals surface area contributed by atoms with Crippen molar-refractivity contribution in [3.8, 4) is 5.75 Å². The van der Waals surface area contributed by atoms with Crippen LogP contribution < -0.4 is 10.5 Å². The van der Waals surface area contributed by atoms with Crippen LogP contribution in [-0.2, 0) is 4.79 Å². The molecule has 1 rings (SSSR count). The molecule has 18 heavy (non-hydrogen) atoms. The molecule has 0 aliphatic heterocycles. The zero-order valence-electron chi connectivity index (χ0n) is 11.3. The van der Waals surface area contributed by atoms with Gasteiger partial charge in [-0.05, 0) is 31.2 Å². The Morgan fingerprint density at radius 3 is 2.72 bits per heavy atom. The van der Waals surface area contributed by atoms with Gasteiger partial charge in [0.1, 0.15) is 5.75 Å². The van der Waals surface area contributed by atoms with Gasteiger partial charge in [0, 0.05) is 26.4 Å². The van der Waals surface area contributed by atoms with Crippen molar-refractivity contribution in [2.75, 3.05) is 27.2 Å². The highest BCUT2D eigenvalue weighted by molar-refractivity contribution is 5.76. The second-order valence-electron chi connectivity index (χ2n) is 4.43. The number of ether oxygens (including phenoxy) is 1. The number of hydrogen-bond donors (Lipinski definition) is 1. The van der Waals surface area contributed by atoms with E-state index in [1.807, 2.05) is 31.2 Å². The van der Waals surface area contributed by atoms with Crippen molar-refractivity contribution in [1.82, 2.24) is 4.90 Å². The first kappa shape index (κ1) is 14.5. The average molecular weight is 250 g/mol. The molecule has 1 aromatic carbocycles. The Morgan fingerprint density at radius 1 is 1.44 bits per heavy atom. The molecule has 1 atom stereocenters. The number of carbonyl (C=O) groups excluding carboxylic acids is 1. The third kappa shape index (κ3) is 4.04. The molecule has 1 amide bonds. The summed E-state index contributed by atoms with van der Waals surface area (Å²) in [6.07, 6.45) is 0.430. The number of carbonyl (C=O) groups is 1. The smallest absolute Gasteiger partial charge is 0.222 e. The van der Waals surface area contributed by atoms with Gasteiger partial charge in [0.05, 0.1) is 6.61 Å². The zero-order valence-corrected chi connectivity index (χ0v) is 11.3. The molecule has 0 saturated heterocycles. The van der Waals surface area contributed by atoms with Crippen LogP contribution in [-0.4, -0.2) is 38.1 Å². The van der Waals surface area contributed by atoms with Gasteiger partial charge in [-0.3, -0.25) is 4.79 Å². The minimum Gasteiger partial charge on any atom is -0.494 e. The van der Waals surface area contributed by atoms with E-state index < -0.39 is 0 Å². The van der Waals surface area contributed by atoms with Crippen molar-refractivity contribution in [3.05, 3.63) is 29.8 Å². The highest BCUT2D eigenvalue weighted by Crippen LogP contribution is 2.23. The van der Waals surface area contributed by atoms with Gasteiger partial charge in [-0.1, -0.05) is 12.1 Å². The van der Waals surface area contributed by atoms with Gasteiger partial charge < -0.3 is 15.4 Å². The van der Waals surface area contributed by atoms with Crippen LogP contribution in [0.3, 0.4) is 0 Å². The van der Waals surface area contributed by atoms with E-state index in [0.29, 0.717) is 19.6 Å². The summed E-state index contributed by atoms with van der Waals surface area (Å²) in [6.45, 7) is 3.03. The van der Waals surface area contributed by atoms with Crippen LogP contribution >= 0.6 is 0 Å². The first-order valence-electron chi connectivity index (χ1n) is 6.21. The van der Waals surface area contributed by atoms with E-state index in [1.165, 1.54) is 0 Å². The summed E-state index contributed by atoms with van der Waals surface area (Å²) >= 11 is 0. The van der Waals surface area contributed by atoms with Gasteiger partial charge in [-0.25, -0.2) is 0 Å². The van der Waals surface area contributed by atoms with E-state index in [1.54, 1.807) is 19.0 Å². The number of benzene rings is 1.